The third-order valence-corrected chi connectivity index (χ3v) is 4.39. The van der Waals surface area contributed by atoms with Gasteiger partial charge in [-0.1, -0.05) is 6.07 Å². The van der Waals surface area contributed by atoms with Gasteiger partial charge in [0.1, 0.15) is 5.69 Å². The van der Waals surface area contributed by atoms with Crippen LogP contribution in [-0.4, -0.2) is 20.0 Å². The molecule has 3 aromatic rings. The second-order valence-electron chi connectivity index (χ2n) is 4.93. The van der Waals surface area contributed by atoms with Gasteiger partial charge in [-0.15, -0.1) is 11.3 Å². The molecule has 3 heterocycles. The summed E-state index contributed by atoms with van der Waals surface area (Å²) in [5.74, 6) is 0. The maximum atomic E-state index is 4.36. The molecule has 3 rings (SSSR count). The van der Waals surface area contributed by atoms with E-state index in [1.807, 2.05) is 16.9 Å². The van der Waals surface area contributed by atoms with Gasteiger partial charge in [0.2, 0.25) is 0 Å². The highest BCUT2D eigenvalue weighted by molar-refractivity contribution is 7.13. The molecule has 5 nitrogen and oxygen atoms in total. The third kappa shape index (κ3) is 3.06. The van der Waals surface area contributed by atoms with Gasteiger partial charge in [-0.3, -0.25) is 9.78 Å². The van der Waals surface area contributed by atoms with E-state index in [9.17, 15) is 0 Å². The van der Waals surface area contributed by atoms with Crippen molar-refractivity contribution in [2.75, 3.05) is 0 Å². The van der Waals surface area contributed by atoms with E-state index < -0.39 is 0 Å². The van der Waals surface area contributed by atoms with Crippen molar-refractivity contribution >= 4 is 11.3 Å². The lowest BCUT2D eigenvalue weighted by molar-refractivity contribution is 0.505. The van der Waals surface area contributed by atoms with E-state index in [0.29, 0.717) is 0 Å². The highest BCUT2D eigenvalue weighted by Crippen LogP contribution is 2.23. The monoisotopic (exact) mass is 301 g/mol. The van der Waals surface area contributed by atoms with Crippen LogP contribution in [0.25, 0.3) is 10.6 Å². The van der Waals surface area contributed by atoms with Crippen molar-refractivity contribution in [1.82, 2.24) is 25.3 Å². The minimum Gasteiger partial charge on any atom is -0.303 e. The summed E-state index contributed by atoms with van der Waals surface area (Å²) >= 11 is 1.70. The molecule has 0 aliphatic rings. The number of hydrogen-bond donors (Lipinski definition) is 2. The second kappa shape index (κ2) is 6.24. The lowest BCUT2D eigenvalue weighted by Crippen LogP contribution is -2.21. The molecule has 1 atom stereocenters. The summed E-state index contributed by atoms with van der Waals surface area (Å²) in [5, 5.41) is 17.3. The topological polar surface area (TPSA) is 58.5 Å². The number of aromatic amines is 1. The molecule has 3 aromatic heterocycles. The largest absolute Gasteiger partial charge is 0.303 e. The van der Waals surface area contributed by atoms with Crippen molar-refractivity contribution in [2.45, 2.75) is 33.0 Å². The van der Waals surface area contributed by atoms with Gasteiger partial charge in [-0.05, 0) is 37.4 Å². The molecule has 21 heavy (non-hydrogen) atoms. The van der Waals surface area contributed by atoms with E-state index >= 15 is 0 Å². The molecular formula is C15H19N5S. The number of aryl methyl sites for hydroxylation is 1. The van der Waals surface area contributed by atoms with Crippen LogP contribution < -0.4 is 5.32 Å². The minimum atomic E-state index is 0.251. The molecule has 110 valence electrons. The molecule has 1 unspecified atom stereocenters. The Kier molecular flexibility index (Phi) is 4.17. The Morgan fingerprint density at radius 2 is 2.33 bits per heavy atom. The molecule has 0 aliphatic carbocycles. The molecule has 0 fully saturated rings. The van der Waals surface area contributed by atoms with Crippen molar-refractivity contribution in [1.29, 1.82) is 0 Å². The van der Waals surface area contributed by atoms with E-state index in [-0.39, 0.29) is 6.04 Å². The lowest BCUT2D eigenvalue weighted by atomic mass is 10.2. The molecule has 0 saturated heterocycles. The summed E-state index contributed by atoms with van der Waals surface area (Å²) < 4.78 is 2.02. The normalized spacial score (nSPS) is 12.7. The zero-order valence-electron chi connectivity index (χ0n) is 12.2. The summed E-state index contributed by atoms with van der Waals surface area (Å²) in [6, 6.07) is 8.54. The van der Waals surface area contributed by atoms with Crippen LogP contribution in [0.3, 0.4) is 0 Å². The fourth-order valence-corrected chi connectivity index (χ4v) is 3.03. The molecule has 0 saturated carbocycles. The first-order valence-electron chi connectivity index (χ1n) is 7.11. The first-order chi connectivity index (χ1) is 10.3. The van der Waals surface area contributed by atoms with E-state index in [4.69, 9.17) is 0 Å². The first-order valence-corrected chi connectivity index (χ1v) is 7.99. The maximum Gasteiger partial charge on any atom is 0.102 e. The number of hydrogen-bond acceptors (Lipinski definition) is 4. The highest BCUT2D eigenvalue weighted by Gasteiger charge is 2.11. The molecule has 0 radical (unpaired) electrons. The molecular weight excluding hydrogens is 282 g/mol. The van der Waals surface area contributed by atoms with Crippen LogP contribution >= 0.6 is 11.3 Å². The van der Waals surface area contributed by atoms with Crippen LogP contribution in [0.1, 0.15) is 31.3 Å². The Balaban J connectivity index is 1.63. The zero-order valence-corrected chi connectivity index (χ0v) is 13.0. The predicted octanol–water partition coefficient (Wildman–Crippen LogP) is 3.21. The van der Waals surface area contributed by atoms with Gasteiger partial charge < -0.3 is 5.32 Å². The lowest BCUT2D eigenvalue weighted by Gasteiger charge is -2.14. The zero-order chi connectivity index (χ0) is 14.7. The van der Waals surface area contributed by atoms with Crippen LogP contribution in [0.4, 0.5) is 0 Å². The summed E-state index contributed by atoms with van der Waals surface area (Å²) in [5.41, 5.74) is 3.30. The molecule has 0 spiro atoms. The van der Waals surface area contributed by atoms with E-state index in [1.54, 1.807) is 11.3 Å². The Bertz CT molecular complexity index is 683. The van der Waals surface area contributed by atoms with Gasteiger partial charge in [0.25, 0.3) is 0 Å². The van der Waals surface area contributed by atoms with Gasteiger partial charge in [-0.25, -0.2) is 0 Å². The van der Waals surface area contributed by atoms with Crippen molar-refractivity contribution in [3.8, 4) is 10.6 Å². The van der Waals surface area contributed by atoms with Gasteiger partial charge in [-0.2, -0.15) is 10.2 Å². The van der Waals surface area contributed by atoms with E-state index in [2.05, 4.69) is 58.0 Å². The number of aromatic nitrogens is 4. The van der Waals surface area contributed by atoms with Crippen molar-refractivity contribution in [3.63, 3.8) is 0 Å². The molecule has 0 amide bonds. The number of nitrogens with zero attached hydrogens (tertiary/aromatic N) is 3. The van der Waals surface area contributed by atoms with Crippen LogP contribution in [0.2, 0.25) is 0 Å². The smallest absolute Gasteiger partial charge is 0.102 e. The Morgan fingerprint density at radius 1 is 1.43 bits per heavy atom. The first kappa shape index (κ1) is 14.0. The van der Waals surface area contributed by atoms with Crippen LogP contribution in [0.5, 0.6) is 0 Å². The van der Waals surface area contributed by atoms with Crippen LogP contribution in [0.15, 0.2) is 35.8 Å². The average molecular weight is 301 g/mol. The second-order valence-corrected chi connectivity index (χ2v) is 5.88. The molecule has 0 aromatic carbocycles. The number of H-pyrrole nitrogens is 1. The van der Waals surface area contributed by atoms with Gasteiger partial charge in [0.15, 0.2) is 0 Å². The summed E-state index contributed by atoms with van der Waals surface area (Å²) in [4.78, 5) is 1.19. The Hall–Kier alpha value is -1.92. The third-order valence-electron chi connectivity index (χ3n) is 3.50. The Labute approximate surface area is 128 Å². The molecule has 0 bridgehead atoms. The quantitative estimate of drug-likeness (QED) is 0.735. The fourth-order valence-electron chi connectivity index (χ4n) is 2.35. The minimum absolute atomic E-state index is 0.251. The predicted molar refractivity (Wildman–Crippen MR) is 85.1 cm³/mol. The van der Waals surface area contributed by atoms with Crippen molar-refractivity contribution in [2.24, 2.45) is 0 Å². The van der Waals surface area contributed by atoms with Crippen molar-refractivity contribution < 1.29 is 0 Å². The van der Waals surface area contributed by atoms with Gasteiger partial charge in [0.05, 0.1) is 10.6 Å². The number of rotatable bonds is 6. The van der Waals surface area contributed by atoms with Crippen LogP contribution in [-0.2, 0) is 13.1 Å². The summed E-state index contributed by atoms with van der Waals surface area (Å²) in [7, 11) is 0. The summed E-state index contributed by atoms with van der Waals surface area (Å²) in [6.07, 6.45) is 1.85. The van der Waals surface area contributed by atoms with E-state index in [0.717, 1.165) is 24.5 Å². The Morgan fingerprint density at radius 3 is 3.10 bits per heavy atom. The molecule has 0 aliphatic heterocycles. The fraction of sp³-hybridized carbons (Fsp3) is 0.333. The van der Waals surface area contributed by atoms with Gasteiger partial charge >= 0.3 is 0 Å². The van der Waals surface area contributed by atoms with Gasteiger partial charge in [0, 0.05) is 31.0 Å². The van der Waals surface area contributed by atoms with E-state index in [1.165, 1.54) is 10.6 Å². The standard InChI is InChI=1S/C15H19N5S/c1-3-20-14(6-7-17-20)11(2)16-10-12-9-13(19-18-12)15-5-4-8-21-15/h4-9,11,16H,3,10H2,1-2H3,(H,18,19). The SMILES string of the molecule is CCn1nccc1C(C)NCc1cc(-c2cccs2)n[nH]1. The summed E-state index contributed by atoms with van der Waals surface area (Å²) in [6.45, 7) is 5.90. The maximum absolute atomic E-state index is 4.36. The number of nitrogens with one attached hydrogen (secondary N) is 2. The molecule has 2 N–H and O–H groups in total. The average Bonchev–Trinajstić information content (AvgIpc) is 3.24. The number of thiophene rings is 1. The highest BCUT2D eigenvalue weighted by atomic mass is 32.1. The van der Waals surface area contributed by atoms with Crippen LogP contribution in [0, 0.1) is 0 Å². The molecule has 6 heteroatoms. The van der Waals surface area contributed by atoms with Crippen molar-refractivity contribution in [3.05, 3.63) is 47.2 Å².